The lowest BCUT2D eigenvalue weighted by Gasteiger charge is -2.06. The van der Waals surface area contributed by atoms with Crippen molar-refractivity contribution in [3.05, 3.63) is 53.6 Å². The van der Waals surface area contributed by atoms with Crippen LogP contribution < -0.4 is 0 Å². The summed E-state index contributed by atoms with van der Waals surface area (Å²) in [7, 11) is 0. The number of azo groups is 1. The maximum atomic E-state index is 11.9. The molecular formula is C20H22N2O4. The van der Waals surface area contributed by atoms with Gasteiger partial charge in [0.25, 0.3) is 0 Å². The van der Waals surface area contributed by atoms with Crippen molar-refractivity contribution in [2.24, 2.45) is 16.1 Å². The first-order chi connectivity index (χ1) is 12.4. The molecule has 0 aliphatic rings. The first kappa shape index (κ1) is 19.3. The summed E-state index contributed by atoms with van der Waals surface area (Å²) < 4.78 is 0. The predicted molar refractivity (Wildman–Crippen MR) is 98.5 cm³/mol. The van der Waals surface area contributed by atoms with E-state index in [1.54, 1.807) is 6.07 Å². The molecule has 0 aliphatic heterocycles. The van der Waals surface area contributed by atoms with Crippen LogP contribution in [-0.2, 0) is 11.2 Å². The largest absolute Gasteiger partial charge is 0.507 e. The van der Waals surface area contributed by atoms with Gasteiger partial charge in [0.15, 0.2) is 0 Å². The third kappa shape index (κ3) is 5.51. The standard InChI is InChI=1S/C20H22N2O4/c1-13(2)11-16(23)9-7-14-5-3-4-6-18(14)22-21-15-8-10-19(24)17(12-15)20(25)26/h3-6,8,10,12-13,24H,7,9,11H2,1-2H3,(H,25,26). The van der Waals surface area contributed by atoms with Crippen molar-refractivity contribution in [3.8, 4) is 5.75 Å². The number of aromatic carboxylic acids is 1. The first-order valence-corrected chi connectivity index (χ1v) is 8.44. The molecular weight excluding hydrogens is 332 g/mol. The molecule has 0 amide bonds. The van der Waals surface area contributed by atoms with E-state index < -0.39 is 5.97 Å². The van der Waals surface area contributed by atoms with Crippen LogP contribution in [0, 0.1) is 5.92 Å². The van der Waals surface area contributed by atoms with E-state index >= 15 is 0 Å². The van der Waals surface area contributed by atoms with Gasteiger partial charge in [-0.1, -0.05) is 32.0 Å². The number of rotatable bonds is 8. The quantitative estimate of drug-likeness (QED) is 0.648. The Labute approximate surface area is 152 Å². The van der Waals surface area contributed by atoms with E-state index in [2.05, 4.69) is 10.2 Å². The molecule has 2 aromatic carbocycles. The summed E-state index contributed by atoms with van der Waals surface area (Å²) in [5, 5.41) is 26.8. The molecule has 0 aromatic heterocycles. The second-order valence-electron chi connectivity index (χ2n) is 6.47. The fourth-order valence-electron chi connectivity index (χ4n) is 2.52. The first-order valence-electron chi connectivity index (χ1n) is 8.44. The van der Waals surface area contributed by atoms with Crippen LogP contribution in [0.15, 0.2) is 52.7 Å². The van der Waals surface area contributed by atoms with Crippen LogP contribution in [0.5, 0.6) is 5.75 Å². The van der Waals surface area contributed by atoms with Gasteiger partial charge >= 0.3 is 5.97 Å². The Morgan fingerprint density at radius 3 is 2.50 bits per heavy atom. The number of aromatic hydroxyl groups is 1. The zero-order valence-electron chi connectivity index (χ0n) is 14.8. The Morgan fingerprint density at radius 1 is 1.08 bits per heavy atom. The monoisotopic (exact) mass is 354 g/mol. The normalized spacial score (nSPS) is 11.2. The topological polar surface area (TPSA) is 99.3 Å². The fraction of sp³-hybridized carbons (Fsp3) is 0.300. The molecule has 6 nitrogen and oxygen atoms in total. The smallest absolute Gasteiger partial charge is 0.339 e. The molecule has 0 saturated heterocycles. The Kier molecular flexibility index (Phi) is 6.60. The highest BCUT2D eigenvalue weighted by Gasteiger charge is 2.10. The van der Waals surface area contributed by atoms with E-state index in [1.807, 2.05) is 32.0 Å². The van der Waals surface area contributed by atoms with Crippen molar-refractivity contribution in [3.63, 3.8) is 0 Å². The van der Waals surface area contributed by atoms with E-state index in [0.29, 0.717) is 36.6 Å². The molecule has 0 spiro atoms. The second-order valence-corrected chi connectivity index (χ2v) is 6.47. The van der Waals surface area contributed by atoms with E-state index in [0.717, 1.165) is 5.56 Å². The summed E-state index contributed by atoms with van der Waals surface area (Å²) in [5.41, 5.74) is 1.64. The second kappa shape index (κ2) is 8.89. The minimum atomic E-state index is -1.23. The average Bonchev–Trinajstić information content (AvgIpc) is 2.59. The molecule has 0 saturated carbocycles. The van der Waals surface area contributed by atoms with Crippen LogP contribution >= 0.6 is 0 Å². The number of carbonyl (C=O) groups is 2. The molecule has 2 rings (SSSR count). The molecule has 0 atom stereocenters. The molecule has 26 heavy (non-hydrogen) atoms. The van der Waals surface area contributed by atoms with E-state index in [1.165, 1.54) is 18.2 Å². The van der Waals surface area contributed by atoms with E-state index in [9.17, 15) is 14.7 Å². The average molecular weight is 354 g/mol. The highest BCUT2D eigenvalue weighted by Crippen LogP contribution is 2.27. The minimum Gasteiger partial charge on any atom is -0.507 e. The molecule has 0 fully saturated rings. The van der Waals surface area contributed by atoms with Crippen molar-refractivity contribution < 1.29 is 19.8 Å². The zero-order valence-corrected chi connectivity index (χ0v) is 14.8. The van der Waals surface area contributed by atoms with Gasteiger partial charge < -0.3 is 10.2 Å². The van der Waals surface area contributed by atoms with Gasteiger partial charge in [-0.2, -0.15) is 10.2 Å². The van der Waals surface area contributed by atoms with Crippen LogP contribution in [0.2, 0.25) is 0 Å². The molecule has 2 aromatic rings. The summed E-state index contributed by atoms with van der Waals surface area (Å²) >= 11 is 0. The molecule has 0 radical (unpaired) electrons. The summed E-state index contributed by atoms with van der Waals surface area (Å²) in [4.78, 5) is 23.0. The van der Waals surface area contributed by atoms with Gasteiger partial charge in [0.2, 0.25) is 0 Å². The summed E-state index contributed by atoms with van der Waals surface area (Å²) in [6.07, 6.45) is 1.60. The minimum absolute atomic E-state index is 0.219. The molecule has 0 bridgehead atoms. The van der Waals surface area contributed by atoms with Crippen molar-refractivity contribution in [1.29, 1.82) is 0 Å². The highest BCUT2D eigenvalue weighted by molar-refractivity contribution is 5.91. The highest BCUT2D eigenvalue weighted by atomic mass is 16.4. The zero-order chi connectivity index (χ0) is 19.1. The molecule has 0 heterocycles. The number of hydrogen-bond acceptors (Lipinski definition) is 5. The van der Waals surface area contributed by atoms with Gasteiger partial charge in [-0.05, 0) is 42.2 Å². The van der Waals surface area contributed by atoms with Crippen LogP contribution in [0.3, 0.4) is 0 Å². The molecule has 0 aliphatic carbocycles. The van der Waals surface area contributed by atoms with Gasteiger partial charge in [0, 0.05) is 12.8 Å². The fourth-order valence-corrected chi connectivity index (χ4v) is 2.52. The molecule has 2 N–H and O–H groups in total. The maximum Gasteiger partial charge on any atom is 0.339 e. The number of Topliss-reactive ketones (excluding diaryl/α,β-unsaturated/α-hetero) is 1. The number of benzene rings is 2. The number of ketones is 1. The number of carbonyl (C=O) groups excluding carboxylic acids is 1. The van der Waals surface area contributed by atoms with Gasteiger partial charge in [0.1, 0.15) is 17.1 Å². The SMILES string of the molecule is CC(C)CC(=O)CCc1ccccc1N=Nc1ccc(O)c(C(=O)O)c1. The lowest BCUT2D eigenvalue weighted by Crippen LogP contribution is -2.04. The van der Waals surface area contributed by atoms with E-state index in [4.69, 9.17) is 5.11 Å². The van der Waals surface area contributed by atoms with Crippen LogP contribution in [0.1, 0.15) is 42.6 Å². The Hall–Kier alpha value is -3.02. The summed E-state index contributed by atoms with van der Waals surface area (Å²) in [6.45, 7) is 4.03. The number of aryl methyl sites for hydroxylation is 1. The number of carboxylic acid groups (broad SMARTS) is 1. The van der Waals surface area contributed by atoms with Crippen LogP contribution in [-0.4, -0.2) is 22.0 Å². The third-order valence-electron chi connectivity index (χ3n) is 3.78. The van der Waals surface area contributed by atoms with Gasteiger partial charge in [-0.15, -0.1) is 0 Å². The Morgan fingerprint density at radius 2 is 1.81 bits per heavy atom. The summed E-state index contributed by atoms with van der Waals surface area (Å²) in [6, 6.07) is 11.4. The molecule has 136 valence electrons. The lowest BCUT2D eigenvalue weighted by molar-refractivity contribution is -0.119. The Balaban J connectivity index is 2.15. The maximum absolute atomic E-state index is 11.9. The van der Waals surface area contributed by atoms with Crippen molar-refractivity contribution in [2.75, 3.05) is 0 Å². The summed E-state index contributed by atoms with van der Waals surface area (Å²) in [5.74, 6) is -0.990. The van der Waals surface area contributed by atoms with Gasteiger partial charge in [0.05, 0.1) is 11.4 Å². The van der Waals surface area contributed by atoms with Crippen molar-refractivity contribution >= 4 is 23.1 Å². The third-order valence-corrected chi connectivity index (χ3v) is 3.78. The van der Waals surface area contributed by atoms with Gasteiger partial charge in [-0.25, -0.2) is 4.79 Å². The lowest BCUT2D eigenvalue weighted by atomic mass is 10.0. The van der Waals surface area contributed by atoms with Crippen molar-refractivity contribution in [1.82, 2.24) is 0 Å². The predicted octanol–water partition coefficient (Wildman–Crippen LogP) is 5.05. The number of nitrogens with zero attached hydrogens (tertiary/aromatic N) is 2. The van der Waals surface area contributed by atoms with Crippen LogP contribution in [0.4, 0.5) is 11.4 Å². The molecule has 0 unspecified atom stereocenters. The number of phenols is 1. The Bertz CT molecular complexity index is 828. The molecule has 6 heteroatoms. The van der Waals surface area contributed by atoms with Gasteiger partial charge in [-0.3, -0.25) is 4.79 Å². The number of hydrogen-bond donors (Lipinski definition) is 2. The van der Waals surface area contributed by atoms with E-state index in [-0.39, 0.29) is 17.1 Å². The van der Waals surface area contributed by atoms with Crippen LogP contribution in [0.25, 0.3) is 0 Å². The number of carboxylic acids is 1. The van der Waals surface area contributed by atoms with Crippen molar-refractivity contribution in [2.45, 2.75) is 33.1 Å².